The van der Waals surface area contributed by atoms with Gasteiger partial charge in [0.25, 0.3) is 0 Å². The van der Waals surface area contributed by atoms with Gasteiger partial charge < -0.3 is 0 Å². The minimum Gasteiger partial charge on any atom is -0.247 e. The summed E-state index contributed by atoms with van der Waals surface area (Å²) >= 11 is 1.84. The lowest BCUT2D eigenvalue weighted by molar-refractivity contribution is 1.07. The molecule has 47 heavy (non-hydrogen) atoms. The molecule has 4 nitrogen and oxygen atoms in total. The van der Waals surface area contributed by atoms with Gasteiger partial charge in [0.15, 0.2) is 17.5 Å². The monoisotopic (exact) mass is 618 g/mol. The van der Waals surface area contributed by atoms with Crippen LogP contribution in [0.1, 0.15) is 0 Å². The van der Waals surface area contributed by atoms with E-state index in [2.05, 4.69) is 97.1 Å². The van der Waals surface area contributed by atoms with Gasteiger partial charge in [-0.2, -0.15) is 0 Å². The number of pyridine rings is 1. The van der Waals surface area contributed by atoms with Crippen LogP contribution in [0.4, 0.5) is 0 Å². The maximum Gasteiger partial charge on any atom is 0.164 e. The summed E-state index contributed by atoms with van der Waals surface area (Å²) < 4.78 is 2.54. The highest BCUT2D eigenvalue weighted by Crippen LogP contribution is 2.43. The Morgan fingerprint density at radius 2 is 0.894 bits per heavy atom. The van der Waals surface area contributed by atoms with E-state index in [1.165, 1.54) is 25.6 Å². The number of thiophene rings is 1. The molecule has 3 aromatic heterocycles. The summed E-state index contributed by atoms with van der Waals surface area (Å²) in [4.78, 5) is 20.1. The first-order valence-electron chi connectivity index (χ1n) is 15.6. The van der Waals surface area contributed by atoms with Gasteiger partial charge >= 0.3 is 0 Å². The lowest BCUT2D eigenvalue weighted by Crippen LogP contribution is -2.00. The highest BCUT2D eigenvalue weighted by atomic mass is 32.1. The molecule has 9 rings (SSSR count). The van der Waals surface area contributed by atoms with Gasteiger partial charge in [0.05, 0.1) is 11.2 Å². The van der Waals surface area contributed by atoms with Crippen LogP contribution in [0.25, 0.3) is 87.6 Å². The summed E-state index contributed by atoms with van der Waals surface area (Å²) in [7, 11) is 0. The molecule has 0 aliphatic carbocycles. The molecule has 0 aliphatic heterocycles. The third kappa shape index (κ3) is 4.94. The number of hydrogen-bond acceptors (Lipinski definition) is 5. The fourth-order valence-electron chi connectivity index (χ4n) is 6.22. The van der Waals surface area contributed by atoms with E-state index >= 15 is 0 Å². The van der Waals surface area contributed by atoms with Crippen molar-refractivity contribution in [2.75, 3.05) is 0 Å². The van der Waals surface area contributed by atoms with Crippen LogP contribution < -0.4 is 0 Å². The van der Waals surface area contributed by atoms with Crippen molar-refractivity contribution in [1.82, 2.24) is 19.9 Å². The van der Waals surface area contributed by atoms with E-state index in [1.807, 2.05) is 72.0 Å². The summed E-state index contributed by atoms with van der Waals surface area (Å²) in [5.41, 5.74) is 8.11. The van der Waals surface area contributed by atoms with Gasteiger partial charge in [-0.25, -0.2) is 19.9 Å². The van der Waals surface area contributed by atoms with Crippen molar-refractivity contribution in [2.45, 2.75) is 0 Å². The third-order valence-electron chi connectivity index (χ3n) is 8.51. The minimum atomic E-state index is 0.636. The van der Waals surface area contributed by atoms with Crippen LogP contribution in [0, 0.1) is 0 Å². The van der Waals surface area contributed by atoms with Gasteiger partial charge in [-0.15, -0.1) is 11.3 Å². The molecular weight excluding hydrogens is 593 g/mol. The molecule has 0 saturated carbocycles. The third-order valence-corrected chi connectivity index (χ3v) is 9.71. The van der Waals surface area contributed by atoms with E-state index in [4.69, 9.17) is 19.9 Å². The Hall–Kier alpha value is -6.04. The topological polar surface area (TPSA) is 51.6 Å². The molecule has 0 atom stereocenters. The number of rotatable bonds is 5. The molecule has 0 bridgehead atoms. The Morgan fingerprint density at radius 1 is 0.362 bits per heavy atom. The number of hydrogen-bond donors (Lipinski definition) is 0. The highest BCUT2D eigenvalue weighted by molar-refractivity contribution is 7.26. The van der Waals surface area contributed by atoms with E-state index in [9.17, 15) is 0 Å². The molecule has 0 aliphatic rings. The molecule has 0 saturated heterocycles. The average Bonchev–Trinajstić information content (AvgIpc) is 3.55. The van der Waals surface area contributed by atoms with Gasteiger partial charge in [0.2, 0.25) is 0 Å². The van der Waals surface area contributed by atoms with Crippen molar-refractivity contribution in [3.8, 4) is 56.5 Å². The molecule has 0 amide bonds. The second kappa shape index (κ2) is 11.4. The Kier molecular flexibility index (Phi) is 6.61. The zero-order chi connectivity index (χ0) is 31.2. The van der Waals surface area contributed by atoms with Gasteiger partial charge in [-0.1, -0.05) is 140 Å². The van der Waals surface area contributed by atoms with Crippen molar-refractivity contribution in [3.05, 3.63) is 158 Å². The summed E-state index contributed by atoms with van der Waals surface area (Å²) in [5.74, 6) is 1.93. The molecule has 0 spiro atoms. The predicted octanol–water partition coefficient (Wildman–Crippen LogP) is 11.1. The van der Waals surface area contributed by atoms with E-state index in [0.29, 0.717) is 17.5 Å². The second-order valence-electron chi connectivity index (χ2n) is 11.5. The van der Waals surface area contributed by atoms with Gasteiger partial charge in [-0.3, -0.25) is 0 Å². The summed E-state index contributed by atoms with van der Waals surface area (Å²) in [6.07, 6.45) is 0. The predicted molar refractivity (Wildman–Crippen MR) is 195 cm³/mol. The lowest BCUT2D eigenvalue weighted by atomic mass is 9.99. The molecule has 220 valence electrons. The average molecular weight is 619 g/mol. The molecular formula is C42H26N4S. The van der Waals surface area contributed by atoms with Crippen LogP contribution in [-0.2, 0) is 0 Å². The smallest absolute Gasteiger partial charge is 0.164 e. The van der Waals surface area contributed by atoms with E-state index < -0.39 is 0 Å². The number of aromatic nitrogens is 4. The van der Waals surface area contributed by atoms with Crippen molar-refractivity contribution in [2.24, 2.45) is 0 Å². The maximum absolute atomic E-state index is 5.33. The molecule has 9 aromatic rings. The molecule has 6 aromatic carbocycles. The second-order valence-corrected chi connectivity index (χ2v) is 12.5. The molecule has 0 N–H and O–H groups in total. The fraction of sp³-hybridized carbons (Fsp3) is 0. The maximum atomic E-state index is 5.33. The van der Waals surface area contributed by atoms with Gasteiger partial charge in [0, 0.05) is 47.8 Å². The van der Waals surface area contributed by atoms with E-state index in [1.54, 1.807) is 0 Å². The van der Waals surface area contributed by atoms with Crippen LogP contribution in [0.5, 0.6) is 0 Å². The highest BCUT2D eigenvalue weighted by Gasteiger charge is 2.17. The summed E-state index contributed by atoms with van der Waals surface area (Å²) in [5, 5.41) is 3.63. The Bertz CT molecular complexity index is 2500. The van der Waals surface area contributed by atoms with Crippen molar-refractivity contribution >= 4 is 42.4 Å². The molecule has 0 radical (unpaired) electrons. The minimum absolute atomic E-state index is 0.636. The van der Waals surface area contributed by atoms with Crippen molar-refractivity contribution in [3.63, 3.8) is 0 Å². The van der Waals surface area contributed by atoms with Gasteiger partial charge in [-0.05, 0) is 29.3 Å². The molecule has 5 heteroatoms. The first kappa shape index (κ1) is 27.3. The number of fused-ring (bicyclic) bond motifs is 5. The zero-order valence-electron chi connectivity index (χ0n) is 25.2. The van der Waals surface area contributed by atoms with Crippen LogP contribution in [0.2, 0.25) is 0 Å². The van der Waals surface area contributed by atoms with E-state index in [0.717, 1.165) is 44.6 Å². The summed E-state index contributed by atoms with van der Waals surface area (Å²) in [6, 6.07) is 54.4. The van der Waals surface area contributed by atoms with Crippen LogP contribution in [0.3, 0.4) is 0 Å². The first-order valence-corrected chi connectivity index (χ1v) is 16.4. The SMILES string of the molecule is c1ccc(-c2nc(-c3ccccc3)nc(-c3cccc(-c4ccc5c(c4)nc(-c4ccccc4)c4c6ccccc6sc54)c3)n2)cc1. The quantitative estimate of drug-likeness (QED) is 0.193. The number of benzene rings is 6. The standard InChI is InChI=1S/C42H26N4S/c1-4-13-27(14-5-1)38-37-34-21-10-11-22-36(34)47-39(37)33-24-23-31(26-35(33)43-38)30-19-12-20-32(25-30)42-45-40(28-15-6-2-7-16-28)44-41(46-42)29-17-8-3-9-18-29/h1-26H. The molecule has 3 heterocycles. The Balaban J connectivity index is 1.20. The zero-order valence-corrected chi connectivity index (χ0v) is 26.0. The molecule has 0 fully saturated rings. The molecule has 0 unspecified atom stereocenters. The fourth-order valence-corrected chi connectivity index (χ4v) is 7.46. The van der Waals surface area contributed by atoms with Crippen molar-refractivity contribution < 1.29 is 0 Å². The van der Waals surface area contributed by atoms with Gasteiger partial charge in [0.1, 0.15) is 0 Å². The Morgan fingerprint density at radius 3 is 1.57 bits per heavy atom. The summed E-state index contributed by atoms with van der Waals surface area (Å²) in [6.45, 7) is 0. The Labute approximate surface area is 275 Å². The normalized spacial score (nSPS) is 11.4. The largest absolute Gasteiger partial charge is 0.247 e. The van der Waals surface area contributed by atoms with Crippen LogP contribution in [-0.4, -0.2) is 19.9 Å². The van der Waals surface area contributed by atoms with Crippen LogP contribution >= 0.6 is 11.3 Å². The van der Waals surface area contributed by atoms with Crippen LogP contribution in [0.15, 0.2) is 158 Å². The number of nitrogens with zero attached hydrogens (tertiary/aromatic N) is 4. The lowest BCUT2D eigenvalue weighted by Gasteiger charge is -2.11. The first-order chi connectivity index (χ1) is 23.3. The van der Waals surface area contributed by atoms with Crippen molar-refractivity contribution in [1.29, 1.82) is 0 Å². The van der Waals surface area contributed by atoms with E-state index in [-0.39, 0.29) is 0 Å².